The van der Waals surface area contributed by atoms with Gasteiger partial charge in [-0.25, -0.2) is 0 Å². The number of nitro groups is 1. The molecular weight excluding hydrogens is 286 g/mol. The van der Waals surface area contributed by atoms with Crippen LogP contribution in [0.25, 0.3) is 0 Å². The third-order valence-corrected chi connectivity index (χ3v) is 4.47. The Hall–Kier alpha value is -2.39. The number of rotatable bonds is 5. The van der Waals surface area contributed by atoms with Crippen molar-refractivity contribution in [1.29, 1.82) is 5.26 Å². The molecule has 0 radical (unpaired) electrons. The minimum Gasteiger partial charge on any atom is -0.379 e. The second-order valence-electron chi connectivity index (χ2n) is 5.32. The summed E-state index contributed by atoms with van der Waals surface area (Å²) >= 11 is 1.66. The fourth-order valence-corrected chi connectivity index (χ4v) is 2.82. The lowest BCUT2D eigenvalue weighted by molar-refractivity contribution is -0.384. The monoisotopic (exact) mass is 301 g/mol. The zero-order valence-corrected chi connectivity index (χ0v) is 12.6. The molecule has 108 valence electrons. The first-order chi connectivity index (χ1) is 9.94. The zero-order chi connectivity index (χ0) is 15.5. The molecule has 0 saturated carbocycles. The van der Waals surface area contributed by atoms with E-state index in [2.05, 4.69) is 25.2 Å². The molecule has 1 aromatic heterocycles. The van der Waals surface area contributed by atoms with Crippen LogP contribution in [0, 0.1) is 21.4 Å². The largest absolute Gasteiger partial charge is 0.379 e. The van der Waals surface area contributed by atoms with Crippen LogP contribution in [0.2, 0.25) is 0 Å². The average Bonchev–Trinajstić information content (AvgIpc) is 3.00. The van der Waals surface area contributed by atoms with E-state index >= 15 is 0 Å². The predicted octanol–water partition coefficient (Wildman–Crippen LogP) is 3.92. The molecule has 2 aromatic rings. The summed E-state index contributed by atoms with van der Waals surface area (Å²) in [6.45, 7) is 4.74. The first-order valence-electron chi connectivity index (χ1n) is 6.40. The lowest BCUT2D eigenvalue weighted by Gasteiger charge is -2.24. The summed E-state index contributed by atoms with van der Waals surface area (Å²) in [4.78, 5) is 11.8. The van der Waals surface area contributed by atoms with Gasteiger partial charge >= 0.3 is 0 Å². The summed E-state index contributed by atoms with van der Waals surface area (Å²) in [7, 11) is 0. The Morgan fingerprint density at radius 2 is 2.19 bits per heavy atom. The van der Waals surface area contributed by atoms with Gasteiger partial charge in [-0.1, -0.05) is 19.9 Å². The zero-order valence-electron chi connectivity index (χ0n) is 11.8. The molecule has 2 rings (SSSR count). The van der Waals surface area contributed by atoms with Crippen LogP contribution in [-0.2, 0) is 5.41 Å². The van der Waals surface area contributed by atoms with E-state index in [9.17, 15) is 10.1 Å². The third kappa shape index (κ3) is 3.38. The molecule has 6 heteroatoms. The SMILES string of the molecule is CC(C)(CNc1ccc(C#N)cc1[N+](=O)[O-])c1cccs1. The van der Waals surface area contributed by atoms with Crippen molar-refractivity contribution in [2.24, 2.45) is 0 Å². The molecule has 0 spiro atoms. The van der Waals surface area contributed by atoms with Crippen LogP contribution in [0.15, 0.2) is 35.7 Å². The van der Waals surface area contributed by atoms with E-state index in [0.717, 1.165) is 0 Å². The highest BCUT2D eigenvalue weighted by molar-refractivity contribution is 7.10. The summed E-state index contributed by atoms with van der Waals surface area (Å²) in [5, 5.41) is 25.1. The van der Waals surface area contributed by atoms with Gasteiger partial charge in [0.25, 0.3) is 5.69 Å². The Labute approximate surface area is 127 Å². The quantitative estimate of drug-likeness (QED) is 0.670. The Balaban J connectivity index is 2.21. The molecule has 0 aliphatic rings. The van der Waals surface area contributed by atoms with Gasteiger partial charge in [-0.05, 0) is 23.6 Å². The normalized spacial score (nSPS) is 10.9. The highest BCUT2D eigenvalue weighted by Gasteiger charge is 2.23. The molecule has 0 saturated heterocycles. The molecule has 1 aromatic carbocycles. The maximum atomic E-state index is 11.1. The van der Waals surface area contributed by atoms with Crippen molar-refractivity contribution in [3.63, 3.8) is 0 Å². The van der Waals surface area contributed by atoms with Crippen molar-refractivity contribution >= 4 is 22.7 Å². The maximum absolute atomic E-state index is 11.1. The van der Waals surface area contributed by atoms with E-state index in [1.807, 2.05) is 17.5 Å². The van der Waals surface area contributed by atoms with Gasteiger partial charge in [0.15, 0.2) is 0 Å². The van der Waals surface area contributed by atoms with E-state index in [0.29, 0.717) is 12.2 Å². The van der Waals surface area contributed by atoms with Crippen molar-refractivity contribution in [3.05, 3.63) is 56.3 Å². The number of hydrogen-bond acceptors (Lipinski definition) is 5. The number of nitrogens with one attached hydrogen (secondary N) is 1. The number of benzene rings is 1. The number of nitriles is 1. The molecular formula is C15H15N3O2S. The Kier molecular flexibility index (Phi) is 4.24. The Bertz CT molecular complexity index is 687. The van der Waals surface area contributed by atoms with Crippen LogP contribution in [0.1, 0.15) is 24.3 Å². The van der Waals surface area contributed by atoms with Crippen molar-refractivity contribution in [3.8, 4) is 6.07 Å². The van der Waals surface area contributed by atoms with Gasteiger partial charge in [0.05, 0.1) is 16.6 Å². The van der Waals surface area contributed by atoms with Crippen molar-refractivity contribution in [2.45, 2.75) is 19.3 Å². The van der Waals surface area contributed by atoms with Crippen LogP contribution in [0.3, 0.4) is 0 Å². The minimum absolute atomic E-state index is 0.0731. The minimum atomic E-state index is -0.471. The molecule has 0 atom stereocenters. The summed E-state index contributed by atoms with van der Waals surface area (Å²) in [6, 6.07) is 10.4. The van der Waals surface area contributed by atoms with Gasteiger partial charge in [-0.15, -0.1) is 11.3 Å². The highest BCUT2D eigenvalue weighted by atomic mass is 32.1. The lowest BCUT2D eigenvalue weighted by atomic mass is 9.91. The molecule has 1 N–H and O–H groups in total. The second kappa shape index (κ2) is 5.94. The van der Waals surface area contributed by atoms with Crippen LogP contribution in [0.4, 0.5) is 11.4 Å². The second-order valence-corrected chi connectivity index (χ2v) is 6.26. The fraction of sp³-hybridized carbons (Fsp3) is 0.267. The Morgan fingerprint density at radius 1 is 1.43 bits per heavy atom. The molecule has 5 nitrogen and oxygen atoms in total. The van der Waals surface area contributed by atoms with Crippen molar-refractivity contribution in [2.75, 3.05) is 11.9 Å². The van der Waals surface area contributed by atoms with Crippen molar-refractivity contribution in [1.82, 2.24) is 0 Å². The fourth-order valence-electron chi connectivity index (χ4n) is 1.97. The van der Waals surface area contributed by atoms with Gasteiger partial charge in [0.1, 0.15) is 5.69 Å². The first kappa shape index (κ1) is 15.0. The number of nitrogens with zero attached hydrogens (tertiary/aromatic N) is 2. The van der Waals surface area contributed by atoms with Gasteiger partial charge in [-0.2, -0.15) is 5.26 Å². The highest BCUT2D eigenvalue weighted by Crippen LogP contribution is 2.30. The van der Waals surface area contributed by atoms with Crippen molar-refractivity contribution < 1.29 is 4.92 Å². The third-order valence-electron chi connectivity index (χ3n) is 3.23. The molecule has 0 fully saturated rings. The summed E-state index contributed by atoms with van der Waals surface area (Å²) in [6.07, 6.45) is 0. The van der Waals surface area contributed by atoms with E-state index in [1.165, 1.54) is 10.9 Å². The number of nitro benzene ring substituents is 1. The number of thiophene rings is 1. The van der Waals surface area contributed by atoms with Crippen LogP contribution in [0.5, 0.6) is 0 Å². The molecule has 21 heavy (non-hydrogen) atoms. The molecule has 1 heterocycles. The molecule has 0 amide bonds. The van der Waals surface area contributed by atoms with Gasteiger partial charge < -0.3 is 5.32 Å². The van der Waals surface area contributed by atoms with Gasteiger partial charge in [0, 0.05) is 22.9 Å². The van der Waals surface area contributed by atoms with Gasteiger partial charge in [-0.3, -0.25) is 10.1 Å². The number of hydrogen-bond donors (Lipinski definition) is 1. The summed E-state index contributed by atoms with van der Waals surface area (Å²) in [5.74, 6) is 0. The summed E-state index contributed by atoms with van der Waals surface area (Å²) < 4.78 is 0. The number of anilines is 1. The van der Waals surface area contributed by atoms with E-state index in [-0.39, 0.29) is 16.7 Å². The molecule has 0 unspecified atom stereocenters. The van der Waals surface area contributed by atoms with E-state index in [4.69, 9.17) is 5.26 Å². The van der Waals surface area contributed by atoms with E-state index in [1.54, 1.807) is 23.5 Å². The predicted molar refractivity (Wildman–Crippen MR) is 83.6 cm³/mol. The molecule has 0 aliphatic carbocycles. The average molecular weight is 301 g/mol. The molecule has 0 bridgehead atoms. The molecule has 0 aliphatic heterocycles. The topological polar surface area (TPSA) is 79.0 Å². The van der Waals surface area contributed by atoms with Gasteiger partial charge in [0.2, 0.25) is 0 Å². The Morgan fingerprint density at radius 3 is 2.76 bits per heavy atom. The van der Waals surface area contributed by atoms with Crippen LogP contribution in [-0.4, -0.2) is 11.5 Å². The summed E-state index contributed by atoms with van der Waals surface area (Å²) in [5.41, 5.74) is 0.514. The smallest absolute Gasteiger partial charge is 0.293 e. The maximum Gasteiger partial charge on any atom is 0.293 e. The standard InChI is InChI=1S/C15H15N3O2S/c1-15(2,14-4-3-7-21-14)10-17-12-6-5-11(9-16)8-13(12)18(19)20/h3-8,17H,10H2,1-2H3. The van der Waals surface area contributed by atoms with Crippen LogP contribution >= 0.6 is 11.3 Å². The first-order valence-corrected chi connectivity index (χ1v) is 7.28. The lowest BCUT2D eigenvalue weighted by Crippen LogP contribution is -2.26. The van der Waals surface area contributed by atoms with Crippen LogP contribution < -0.4 is 5.32 Å². The van der Waals surface area contributed by atoms with E-state index < -0.39 is 4.92 Å².